The molecular formula is C18H24FN5O2S. The highest BCUT2D eigenvalue weighted by Crippen LogP contribution is 2.28. The Morgan fingerprint density at radius 3 is 2.63 bits per heavy atom. The van der Waals surface area contributed by atoms with Gasteiger partial charge in [-0.2, -0.15) is 14.3 Å². The van der Waals surface area contributed by atoms with Crippen molar-refractivity contribution in [2.24, 2.45) is 4.36 Å². The van der Waals surface area contributed by atoms with E-state index in [9.17, 15) is 8.60 Å². The van der Waals surface area contributed by atoms with Crippen molar-refractivity contribution < 1.29 is 13.3 Å². The average Bonchev–Trinajstić information content (AvgIpc) is 2.60. The van der Waals surface area contributed by atoms with E-state index in [1.165, 1.54) is 12.1 Å². The average molecular weight is 393 g/mol. The Morgan fingerprint density at radius 1 is 1.30 bits per heavy atom. The van der Waals surface area contributed by atoms with Crippen LogP contribution in [0.1, 0.15) is 6.92 Å². The van der Waals surface area contributed by atoms with Crippen LogP contribution in [-0.2, 0) is 14.5 Å². The molecule has 2 heterocycles. The molecule has 0 unspecified atom stereocenters. The highest BCUT2D eigenvalue weighted by molar-refractivity contribution is 7.92. The monoisotopic (exact) mass is 393 g/mol. The minimum Gasteiger partial charge on any atom is -0.377 e. The van der Waals surface area contributed by atoms with Crippen molar-refractivity contribution in [1.82, 2.24) is 9.97 Å². The summed E-state index contributed by atoms with van der Waals surface area (Å²) in [6.45, 7) is 3.98. The van der Waals surface area contributed by atoms with Crippen LogP contribution in [0.5, 0.6) is 0 Å². The number of ether oxygens (including phenoxy) is 1. The van der Waals surface area contributed by atoms with Gasteiger partial charge in [-0.3, -0.25) is 0 Å². The Morgan fingerprint density at radius 2 is 2.00 bits per heavy atom. The first-order valence-electron chi connectivity index (χ1n) is 8.63. The van der Waals surface area contributed by atoms with Gasteiger partial charge in [-0.1, -0.05) is 0 Å². The number of benzene rings is 1. The summed E-state index contributed by atoms with van der Waals surface area (Å²) in [4.78, 5) is 13.0. The molecule has 0 N–H and O–H groups in total. The summed E-state index contributed by atoms with van der Waals surface area (Å²) >= 11 is 0. The molecule has 0 aliphatic carbocycles. The fourth-order valence-corrected chi connectivity index (χ4v) is 3.37. The molecule has 1 aromatic heterocycles. The molecule has 1 aromatic carbocycles. The molecule has 0 spiro atoms. The highest BCUT2D eigenvalue weighted by atomic mass is 32.2. The molecule has 0 saturated carbocycles. The van der Waals surface area contributed by atoms with Crippen molar-refractivity contribution in [3.8, 4) is 0 Å². The summed E-state index contributed by atoms with van der Waals surface area (Å²) in [6.07, 6.45) is 3.13. The number of halogens is 1. The van der Waals surface area contributed by atoms with Crippen molar-refractivity contribution >= 4 is 33.0 Å². The van der Waals surface area contributed by atoms with Gasteiger partial charge in [-0.15, -0.1) is 0 Å². The van der Waals surface area contributed by atoms with Gasteiger partial charge >= 0.3 is 0 Å². The highest BCUT2D eigenvalue weighted by Gasteiger charge is 2.22. The zero-order valence-corrected chi connectivity index (χ0v) is 16.7. The van der Waals surface area contributed by atoms with E-state index in [4.69, 9.17) is 4.74 Å². The lowest BCUT2D eigenvalue weighted by atomic mass is 10.2. The largest absolute Gasteiger partial charge is 0.377 e. The maximum Gasteiger partial charge on any atom is 0.233 e. The molecular weight excluding hydrogens is 369 g/mol. The number of anilines is 3. The van der Waals surface area contributed by atoms with E-state index >= 15 is 0 Å². The summed E-state index contributed by atoms with van der Waals surface area (Å²) in [6, 6.07) is 7.98. The third-order valence-corrected chi connectivity index (χ3v) is 4.80. The van der Waals surface area contributed by atoms with Crippen LogP contribution in [0.4, 0.5) is 27.7 Å². The maximum absolute atomic E-state index is 13.2. The standard InChI is InChI=1S/C18H24FN5O2S/c1-13-12-26-10-9-24(13)17-11-16(22-27(3,4)25)20-18(21-17)23(2)15-7-5-14(19)6-8-15/h5-8,11,13H,9-10,12H2,1-4H3/t13-/m1/s1. The molecule has 1 fully saturated rings. The Kier molecular flexibility index (Phi) is 5.61. The van der Waals surface area contributed by atoms with Crippen molar-refractivity contribution in [3.63, 3.8) is 0 Å². The number of hydrogen-bond donors (Lipinski definition) is 0. The van der Waals surface area contributed by atoms with Crippen LogP contribution in [-0.4, -0.2) is 59.5 Å². The third-order valence-electron chi connectivity index (χ3n) is 4.18. The van der Waals surface area contributed by atoms with E-state index in [1.54, 1.807) is 42.7 Å². The molecule has 0 radical (unpaired) electrons. The normalized spacial score (nSPS) is 17.7. The number of nitrogens with zero attached hydrogens (tertiary/aromatic N) is 5. The summed E-state index contributed by atoms with van der Waals surface area (Å²) in [5.41, 5.74) is 0.739. The Balaban J connectivity index is 2.06. The molecule has 1 atom stereocenters. The quantitative estimate of drug-likeness (QED) is 0.795. The fourth-order valence-electron chi connectivity index (χ4n) is 2.83. The molecule has 9 heteroatoms. The summed E-state index contributed by atoms with van der Waals surface area (Å²) < 4.78 is 35.2. The zero-order chi connectivity index (χ0) is 19.6. The molecule has 0 bridgehead atoms. The van der Waals surface area contributed by atoms with Gasteiger partial charge in [-0.25, -0.2) is 8.60 Å². The van der Waals surface area contributed by atoms with E-state index in [1.807, 2.05) is 0 Å². The molecule has 1 saturated heterocycles. The van der Waals surface area contributed by atoms with Gasteiger partial charge in [0.25, 0.3) is 0 Å². The third kappa shape index (κ3) is 4.92. The van der Waals surface area contributed by atoms with Crippen molar-refractivity contribution in [2.45, 2.75) is 13.0 Å². The predicted octanol–water partition coefficient (Wildman–Crippen LogP) is 2.97. The lowest BCUT2D eigenvalue weighted by Gasteiger charge is -2.34. The van der Waals surface area contributed by atoms with Gasteiger partial charge in [0.2, 0.25) is 5.95 Å². The SMILES string of the molecule is C[C@@H]1COCCN1c1cc(N=S(C)(C)=O)nc(N(C)c2ccc(F)cc2)n1. The van der Waals surface area contributed by atoms with Gasteiger partial charge in [-0.05, 0) is 31.2 Å². The zero-order valence-electron chi connectivity index (χ0n) is 15.9. The summed E-state index contributed by atoms with van der Waals surface area (Å²) in [5.74, 6) is 1.15. The summed E-state index contributed by atoms with van der Waals surface area (Å²) in [5, 5.41) is 0. The second-order valence-electron chi connectivity index (χ2n) is 6.81. The second kappa shape index (κ2) is 7.77. The first-order chi connectivity index (χ1) is 12.7. The van der Waals surface area contributed by atoms with E-state index in [0.717, 1.165) is 5.69 Å². The van der Waals surface area contributed by atoms with Crippen LogP contribution in [0.15, 0.2) is 34.7 Å². The molecule has 2 aromatic rings. The molecule has 1 aliphatic rings. The van der Waals surface area contributed by atoms with E-state index in [2.05, 4.69) is 26.2 Å². The molecule has 27 heavy (non-hydrogen) atoms. The van der Waals surface area contributed by atoms with E-state index in [0.29, 0.717) is 37.3 Å². The maximum atomic E-state index is 13.2. The number of aromatic nitrogens is 2. The Labute approximate surface area is 159 Å². The lowest BCUT2D eigenvalue weighted by molar-refractivity contribution is 0.0985. The molecule has 7 nitrogen and oxygen atoms in total. The molecule has 3 rings (SSSR count). The molecule has 1 aliphatic heterocycles. The second-order valence-corrected chi connectivity index (χ2v) is 9.35. The first kappa shape index (κ1) is 19.5. The van der Waals surface area contributed by atoms with Gasteiger partial charge in [0.1, 0.15) is 11.6 Å². The van der Waals surface area contributed by atoms with E-state index in [-0.39, 0.29) is 11.9 Å². The first-order valence-corrected chi connectivity index (χ1v) is 11.0. The minimum atomic E-state index is -2.38. The Hall–Kier alpha value is -2.26. The van der Waals surface area contributed by atoms with Crippen LogP contribution in [0, 0.1) is 5.82 Å². The summed E-state index contributed by atoms with van der Waals surface area (Å²) in [7, 11) is -0.578. The van der Waals surface area contributed by atoms with Gasteiger partial charge in [0.05, 0.1) is 19.3 Å². The van der Waals surface area contributed by atoms with Crippen LogP contribution in [0.3, 0.4) is 0 Å². The van der Waals surface area contributed by atoms with Gasteiger partial charge in [0.15, 0.2) is 5.82 Å². The van der Waals surface area contributed by atoms with Crippen LogP contribution < -0.4 is 9.80 Å². The van der Waals surface area contributed by atoms with Crippen LogP contribution >= 0.6 is 0 Å². The van der Waals surface area contributed by atoms with Gasteiger partial charge in [0, 0.05) is 47.6 Å². The van der Waals surface area contributed by atoms with Crippen LogP contribution in [0.25, 0.3) is 0 Å². The van der Waals surface area contributed by atoms with Crippen molar-refractivity contribution in [3.05, 3.63) is 36.1 Å². The smallest absolute Gasteiger partial charge is 0.233 e. The van der Waals surface area contributed by atoms with Crippen molar-refractivity contribution in [2.75, 3.05) is 49.1 Å². The topological polar surface area (TPSA) is 70.9 Å². The van der Waals surface area contributed by atoms with Crippen molar-refractivity contribution in [1.29, 1.82) is 0 Å². The fraction of sp³-hybridized carbons (Fsp3) is 0.444. The number of hydrogen-bond acceptors (Lipinski definition) is 7. The van der Waals surface area contributed by atoms with Gasteiger partial charge < -0.3 is 14.5 Å². The van der Waals surface area contributed by atoms with Crippen LogP contribution in [0.2, 0.25) is 0 Å². The Bertz CT molecular complexity index is 920. The van der Waals surface area contributed by atoms with E-state index < -0.39 is 9.73 Å². The lowest BCUT2D eigenvalue weighted by Crippen LogP contribution is -2.44. The number of morpholine rings is 1. The predicted molar refractivity (Wildman–Crippen MR) is 106 cm³/mol. The number of rotatable bonds is 4. The molecule has 146 valence electrons. The minimum absolute atomic E-state index is 0.151. The molecule has 0 amide bonds.